The molecule has 0 saturated carbocycles. The summed E-state index contributed by atoms with van der Waals surface area (Å²) in [6.07, 6.45) is 17.7. The van der Waals surface area contributed by atoms with Gasteiger partial charge in [0, 0.05) is 12.2 Å². The molecule has 0 fully saturated rings. The lowest BCUT2D eigenvalue weighted by Crippen LogP contribution is -2.04. The first-order valence-electron chi connectivity index (χ1n) is 13.1. The first-order chi connectivity index (χ1) is 17.5. The highest BCUT2D eigenvalue weighted by atomic mass is 16.5. The van der Waals surface area contributed by atoms with Crippen molar-refractivity contribution in [2.45, 2.75) is 78.1 Å². The van der Waals surface area contributed by atoms with Crippen LogP contribution in [-0.2, 0) is 22.4 Å². The third-order valence-corrected chi connectivity index (χ3v) is 6.04. The van der Waals surface area contributed by atoms with Crippen molar-refractivity contribution in [3.05, 3.63) is 84.0 Å². The summed E-state index contributed by atoms with van der Waals surface area (Å²) in [5.74, 6) is 0.153. The Morgan fingerprint density at radius 1 is 0.667 bits per heavy atom. The molecule has 2 rings (SSSR count). The average molecular weight is 489 g/mol. The van der Waals surface area contributed by atoms with Gasteiger partial charge in [0.1, 0.15) is 11.5 Å². The smallest absolute Gasteiger partial charge is 0.335 e. The van der Waals surface area contributed by atoms with E-state index in [9.17, 15) is 9.59 Å². The molecule has 4 nitrogen and oxygen atoms in total. The highest BCUT2D eigenvalue weighted by Gasteiger charge is 2.08. The van der Waals surface area contributed by atoms with Gasteiger partial charge >= 0.3 is 11.9 Å². The molecule has 0 amide bonds. The van der Waals surface area contributed by atoms with Gasteiger partial charge in [-0.2, -0.15) is 0 Å². The molecule has 0 saturated heterocycles. The molecule has 0 N–H and O–H groups in total. The number of carbonyl (C=O) groups is 2. The second-order valence-electron chi connectivity index (χ2n) is 8.93. The van der Waals surface area contributed by atoms with Crippen molar-refractivity contribution >= 4 is 24.1 Å². The Balaban J connectivity index is 2.31. The van der Waals surface area contributed by atoms with E-state index in [0.717, 1.165) is 47.9 Å². The summed E-state index contributed by atoms with van der Waals surface area (Å²) in [4.78, 5) is 23.3. The fourth-order valence-corrected chi connectivity index (χ4v) is 4.03. The van der Waals surface area contributed by atoms with E-state index >= 15 is 0 Å². The molecule has 2 aromatic carbocycles. The van der Waals surface area contributed by atoms with Crippen molar-refractivity contribution in [2.75, 3.05) is 0 Å². The molecule has 0 atom stereocenters. The minimum atomic E-state index is -0.458. The topological polar surface area (TPSA) is 52.6 Å². The van der Waals surface area contributed by atoms with Crippen LogP contribution in [0.3, 0.4) is 0 Å². The Labute approximate surface area is 216 Å². The molecule has 4 heteroatoms. The van der Waals surface area contributed by atoms with Crippen LogP contribution in [0.15, 0.2) is 61.7 Å². The first kappa shape index (κ1) is 28.8. The van der Waals surface area contributed by atoms with Gasteiger partial charge in [-0.05, 0) is 72.2 Å². The van der Waals surface area contributed by atoms with E-state index in [1.54, 1.807) is 0 Å². The minimum Gasteiger partial charge on any atom is -0.423 e. The predicted octanol–water partition coefficient (Wildman–Crippen LogP) is 8.29. The van der Waals surface area contributed by atoms with Crippen molar-refractivity contribution in [2.24, 2.45) is 0 Å². The van der Waals surface area contributed by atoms with Crippen LogP contribution >= 0.6 is 0 Å². The Bertz CT molecular complexity index is 965. The highest BCUT2D eigenvalue weighted by Crippen LogP contribution is 2.26. The predicted molar refractivity (Wildman–Crippen MR) is 149 cm³/mol. The van der Waals surface area contributed by atoms with E-state index in [1.165, 1.54) is 50.7 Å². The fraction of sp³-hybridized carbons (Fsp3) is 0.375. The van der Waals surface area contributed by atoms with Crippen molar-refractivity contribution in [1.29, 1.82) is 0 Å². The fourth-order valence-electron chi connectivity index (χ4n) is 4.03. The summed E-state index contributed by atoms with van der Waals surface area (Å²) < 4.78 is 10.7. The number of benzene rings is 2. The maximum absolute atomic E-state index is 11.7. The van der Waals surface area contributed by atoms with E-state index in [4.69, 9.17) is 9.47 Å². The molecule has 0 bridgehead atoms. The molecule has 192 valence electrons. The largest absolute Gasteiger partial charge is 0.423 e. The van der Waals surface area contributed by atoms with Gasteiger partial charge in [-0.25, -0.2) is 9.59 Å². The van der Waals surface area contributed by atoms with Crippen molar-refractivity contribution in [3.8, 4) is 11.5 Å². The minimum absolute atomic E-state index is 0.458. The van der Waals surface area contributed by atoms with Gasteiger partial charge in [0.15, 0.2) is 0 Å². The van der Waals surface area contributed by atoms with E-state index < -0.39 is 11.9 Å². The summed E-state index contributed by atoms with van der Waals surface area (Å²) in [7, 11) is 0. The molecule has 0 aromatic heterocycles. The van der Waals surface area contributed by atoms with Gasteiger partial charge in [0.2, 0.25) is 0 Å². The maximum atomic E-state index is 11.7. The van der Waals surface area contributed by atoms with Gasteiger partial charge in [0.25, 0.3) is 0 Å². The molecule has 2 aromatic rings. The third-order valence-electron chi connectivity index (χ3n) is 6.04. The van der Waals surface area contributed by atoms with Crippen LogP contribution in [0.25, 0.3) is 12.2 Å². The van der Waals surface area contributed by atoms with Gasteiger partial charge in [0.05, 0.1) is 0 Å². The summed E-state index contributed by atoms with van der Waals surface area (Å²) in [6.45, 7) is 11.4. The summed E-state index contributed by atoms with van der Waals surface area (Å²) in [6, 6.07) is 11.5. The zero-order valence-electron chi connectivity index (χ0n) is 21.9. The quantitative estimate of drug-likeness (QED) is 0.0784. The molecule has 0 radical (unpaired) electrons. The molecule has 0 unspecified atom stereocenters. The Kier molecular flexibility index (Phi) is 13.1. The summed E-state index contributed by atoms with van der Waals surface area (Å²) in [5.41, 5.74) is 4.50. The normalized spacial score (nSPS) is 10.8. The van der Waals surface area contributed by atoms with Crippen LogP contribution < -0.4 is 9.47 Å². The molecule has 0 heterocycles. The molecular weight excluding hydrogens is 448 g/mol. The molecule has 0 aliphatic rings. The Hall–Kier alpha value is -3.40. The number of unbranched alkanes of at least 4 members (excludes halogenated alkanes) is 6. The monoisotopic (exact) mass is 488 g/mol. The zero-order valence-corrected chi connectivity index (χ0v) is 21.9. The standard InChI is InChI=1S/C32H40O4/c1-5-9-11-13-15-27-23-29(35-31(33)7-3)21-19-25(27)17-18-26-20-22-30(36-32(34)8-4)24-28(26)16-14-12-10-6-2/h7-8,17-24H,3-6,9-16H2,1-2H3/b18-17+. The van der Waals surface area contributed by atoms with Gasteiger partial charge in [-0.3, -0.25) is 0 Å². The molecule has 0 aliphatic carbocycles. The second-order valence-corrected chi connectivity index (χ2v) is 8.93. The lowest BCUT2D eigenvalue weighted by Gasteiger charge is -2.11. The van der Waals surface area contributed by atoms with Crippen molar-refractivity contribution in [3.63, 3.8) is 0 Å². The number of aryl methyl sites for hydroxylation is 2. The first-order valence-corrected chi connectivity index (χ1v) is 13.1. The van der Waals surface area contributed by atoms with Crippen LogP contribution in [0.5, 0.6) is 11.5 Å². The zero-order chi connectivity index (χ0) is 26.2. The molecular formula is C32H40O4. The average Bonchev–Trinajstić information content (AvgIpc) is 2.89. The highest BCUT2D eigenvalue weighted by molar-refractivity contribution is 5.84. The van der Waals surface area contributed by atoms with E-state index in [1.807, 2.05) is 36.4 Å². The number of hydrogen-bond acceptors (Lipinski definition) is 4. The molecule has 36 heavy (non-hydrogen) atoms. The van der Waals surface area contributed by atoms with Crippen LogP contribution in [0, 0.1) is 0 Å². The van der Waals surface area contributed by atoms with Crippen LogP contribution in [0.1, 0.15) is 87.5 Å². The van der Waals surface area contributed by atoms with E-state index in [-0.39, 0.29) is 0 Å². The molecule has 0 aliphatic heterocycles. The van der Waals surface area contributed by atoms with Gasteiger partial charge in [-0.1, -0.05) is 89.8 Å². The summed E-state index contributed by atoms with van der Waals surface area (Å²) in [5, 5.41) is 0. The summed E-state index contributed by atoms with van der Waals surface area (Å²) >= 11 is 0. The van der Waals surface area contributed by atoms with Gasteiger partial charge < -0.3 is 9.47 Å². The van der Waals surface area contributed by atoms with Crippen LogP contribution in [-0.4, -0.2) is 11.9 Å². The SMILES string of the molecule is C=CC(=O)Oc1ccc(/C=C/c2ccc(OC(=O)C=C)cc2CCCCCC)c(CCCCCC)c1. The van der Waals surface area contributed by atoms with Gasteiger partial charge in [-0.15, -0.1) is 0 Å². The molecule has 0 spiro atoms. The lowest BCUT2D eigenvalue weighted by atomic mass is 9.97. The third kappa shape index (κ3) is 10.1. The van der Waals surface area contributed by atoms with Crippen molar-refractivity contribution < 1.29 is 19.1 Å². The number of carbonyl (C=O) groups excluding carboxylic acids is 2. The number of hydrogen-bond donors (Lipinski definition) is 0. The lowest BCUT2D eigenvalue weighted by molar-refractivity contribution is -0.129. The Morgan fingerprint density at radius 3 is 1.44 bits per heavy atom. The van der Waals surface area contributed by atoms with E-state index in [2.05, 4.69) is 39.2 Å². The second kappa shape index (κ2) is 16.3. The van der Waals surface area contributed by atoms with E-state index in [0.29, 0.717) is 11.5 Å². The van der Waals surface area contributed by atoms with Crippen LogP contribution in [0.2, 0.25) is 0 Å². The Morgan fingerprint density at radius 2 is 1.08 bits per heavy atom. The number of esters is 2. The van der Waals surface area contributed by atoms with Crippen LogP contribution in [0.4, 0.5) is 0 Å². The van der Waals surface area contributed by atoms with Crippen molar-refractivity contribution in [1.82, 2.24) is 0 Å². The maximum Gasteiger partial charge on any atom is 0.335 e. The number of ether oxygens (including phenoxy) is 2. The number of rotatable bonds is 16.